The number of aliphatic hydroxyl groups excluding tert-OH is 1. The zero-order valence-corrected chi connectivity index (χ0v) is 13.2. The summed E-state index contributed by atoms with van der Waals surface area (Å²) in [7, 11) is 1.45. The molecule has 0 aliphatic heterocycles. The molecule has 3 nitrogen and oxygen atoms in total. The maximum atomic E-state index is 13.9. The van der Waals surface area contributed by atoms with Gasteiger partial charge >= 0.3 is 0 Å². The van der Waals surface area contributed by atoms with Crippen molar-refractivity contribution in [2.24, 2.45) is 16.6 Å². The normalized spacial score (nSPS) is 28.4. The molecular formula is C17H26FNO2. The Balaban J connectivity index is 2.28. The van der Waals surface area contributed by atoms with Crippen LogP contribution in [0.4, 0.5) is 4.39 Å². The van der Waals surface area contributed by atoms with Gasteiger partial charge in [-0.1, -0.05) is 26.3 Å². The summed E-state index contributed by atoms with van der Waals surface area (Å²) in [6.45, 7) is 4.57. The zero-order valence-electron chi connectivity index (χ0n) is 13.2. The Morgan fingerprint density at radius 1 is 1.38 bits per heavy atom. The molecule has 0 saturated heterocycles. The molecule has 0 amide bonds. The second-order valence-corrected chi connectivity index (χ2v) is 6.96. The Morgan fingerprint density at radius 3 is 2.67 bits per heavy atom. The molecule has 0 radical (unpaired) electrons. The third kappa shape index (κ3) is 3.06. The highest BCUT2D eigenvalue weighted by molar-refractivity contribution is 5.30. The van der Waals surface area contributed by atoms with Crippen LogP contribution in [0.3, 0.4) is 0 Å². The van der Waals surface area contributed by atoms with Crippen molar-refractivity contribution >= 4 is 0 Å². The van der Waals surface area contributed by atoms with Gasteiger partial charge in [0.25, 0.3) is 0 Å². The summed E-state index contributed by atoms with van der Waals surface area (Å²) in [5, 5.41) is 10.8. The molecule has 1 aromatic rings. The summed E-state index contributed by atoms with van der Waals surface area (Å²) >= 11 is 0. The highest BCUT2D eigenvalue weighted by Crippen LogP contribution is 2.47. The van der Waals surface area contributed by atoms with E-state index in [1.54, 1.807) is 6.07 Å². The van der Waals surface area contributed by atoms with Crippen molar-refractivity contribution in [3.63, 3.8) is 0 Å². The van der Waals surface area contributed by atoms with Gasteiger partial charge in [0.2, 0.25) is 0 Å². The minimum atomic E-state index is -0.478. The van der Waals surface area contributed by atoms with E-state index in [1.165, 1.54) is 13.2 Å². The van der Waals surface area contributed by atoms with Crippen molar-refractivity contribution < 1.29 is 14.2 Å². The van der Waals surface area contributed by atoms with Crippen LogP contribution in [0.1, 0.15) is 38.7 Å². The SMILES string of the molecule is COc1ccc(CC2(CN)CCCC(C)(C)C2O)cc1F. The van der Waals surface area contributed by atoms with Gasteiger partial charge in [0.05, 0.1) is 13.2 Å². The lowest BCUT2D eigenvalue weighted by atomic mass is 9.59. The van der Waals surface area contributed by atoms with Crippen molar-refractivity contribution in [1.82, 2.24) is 0 Å². The van der Waals surface area contributed by atoms with Crippen LogP contribution in [0, 0.1) is 16.6 Å². The Bertz CT molecular complexity index is 504. The molecule has 2 rings (SSSR count). The minimum absolute atomic E-state index is 0.150. The topological polar surface area (TPSA) is 55.5 Å². The number of hydrogen-bond donors (Lipinski definition) is 2. The van der Waals surface area contributed by atoms with Crippen LogP contribution in [-0.2, 0) is 6.42 Å². The van der Waals surface area contributed by atoms with Gasteiger partial charge in [-0.05, 0) is 42.4 Å². The lowest BCUT2D eigenvalue weighted by molar-refractivity contribution is -0.0885. The van der Waals surface area contributed by atoms with Gasteiger partial charge in [0.15, 0.2) is 11.6 Å². The van der Waals surface area contributed by atoms with E-state index in [4.69, 9.17) is 10.5 Å². The fourth-order valence-electron chi connectivity index (χ4n) is 3.70. The molecular weight excluding hydrogens is 269 g/mol. The molecule has 4 heteroatoms. The molecule has 0 aromatic heterocycles. The second kappa shape index (κ2) is 5.93. The maximum Gasteiger partial charge on any atom is 0.165 e. The van der Waals surface area contributed by atoms with Gasteiger partial charge in [0, 0.05) is 12.0 Å². The summed E-state index contributed by atoms with van der Waals surface area (Å²) in [5.74, 6) is -0.128. The second-order valence-electron chi connectivity index (χ2n) is 6.96. The van der Waals surface area contributed by atoms with Crippen molar-refractivity contribution in [1.29, 1.82) is 0 Å². The molecule has 1 aliphatic rings. The first-order valence-electron chi connectivity index (χ1n) is 7.55. The molecule has 1 aromatic carbocycles. The van der Waals surface area contributed by atoms with E-state index in [2.05, 4.69) is 13.8 Å². The van der Waals surface area contributed by atoms with Crippen molar-refractivity contribution in [3.05, 3.63) is 29.6 Å². The number of halogens is 1. The average molecular weight is 295 g/mol. The van der Waals surface area contributed by atoms with E-state index in [-0.39, 0.29) is 22.4 Å². The van der Waals surface area contributed by atoms with E-state index >= 15 is 0 Å². The van der Waals surface area contributed by atoms with E-state index in [0.717, 1.165) is 24.8 Å². The molecule has 0 bridgehead atoms. The van der Waals surface area contributed by atoms with Gasteiger partial charge in [-0.15, -0.1) is 0 Å². The number of ether oxygens (including phenoxy) is 1. The number of nitrogens with two attached hydrogens (primary N) is 1. The lowest BCUT2D eigenvalue weighted by Gasteiger charge is -2.49. The summed E-state index contributed by atoms with van der Waals surface area (Å²) < 4.78 is 18.8. The number of rotatable bonds is 4. The molecule has 118 valence electrons. The molecule has 2 atom stereocenters. The number of aliphatic hydroxyl groups is 1. The molecule has 21 heavy (non-hydrogen) atoms. The van der Waals surface area contributed by atoms with Gasteiger partial charge in [0.1, 0.15) is 0 Å². The Morgan fingerprint density at radius 2 is 2.10 bits per heavy atom. The molecule has 1 aliphatic carbocycles. The van der Waals surface area contributed by atoms with E-state index in [0.29, 0.717) is 13.0 Å². The van der Waals surface area contributed by atoms with Gasteiger partial charge < -0.3 is 15.6 Å². The van der Waals surface area contributed by atoms with Gasteiger partial charge in [-0.2, -0.15) is 0 Å². The van der Waals surface area contributed by atoms with Crippen molar-refractivity contribution in [3.8, 4) is 5.75 Å². The average Bonchev–Trinajstić information content (AvgIpc) is 2.44. The first kappa shape index (κ1) is 16.2. The molecule has 0 heterocycles. The van der Waals surface area contributed by atoms with Crippen LogP contribution in [0.5, 0.6) is 5.75 Å². The fraction of sp³-hybridized carbons (Fsp3) is 0.647. The predicted molar refractivity (Wildman–Crippen MR) is 81.8 cm³/mol. The molecule has 2 unspecified atom stereocenters. The number of methoxy groups -OCH3 is 1. The van der Waals surface area contributed by atoms with Crippen LogP contribution in [0.15, 0.2) is 18.2 Å². The van der Waals surface area contributed by atoms with Gasteiger partial charge in [-0.3, -0.25) is 0 Å². The summed E-state index contributed by atoms with van der Waals surface area (Å²) in [6, 6.07) is 4.98. The van der Waals surface area contributed by atoms with E-state index < -0.39 is 6.10 Å². The van der Waals surface area contributed by atoms with Crippen LogP contribution in [0.25, 0.3) is 0 Å². The minimum Gasteiger partial charge on any atom is -0.494 e. The number of benzene rings is 1. The third-order valence-electron chi connectivity index (χ3n) is 4.99. The van der Waals surface area contributed by atoms with E-state index in [9.17, 15) is 9.50 Å². The van der Waals surface area contributed by atoms with Crippen molar-refractivity contribution in [2.45, 2.75) is 45.6 Å². The predicted octanol–water partition coefficient (Wildman–Crippen LogP) is 2.89. The van der Waals surface area contributed by atoms with Crippen molar-refractivity contribution in [2.75, 3.05) is 13.7 Å². The van der Waals surface area contributed by atoms with Crippen LogP contribution < -0.4 is 10.5 Å². The highest BCUT2D eigenvalue weighted by atomic mass is 19.1. The zero-order chi connectivity index (χ0) is 15.7. The Kier molecular flexibility index (Phi) is 4.59. The van der Waals surface area contributed by atoms with Crippen LogP contribution in [-0.4, -0.2) is 24.9 Å². The summed E-state index contributed by atoms with van der Waals surface area (Å²) in [4.78, 5) is 0. The van der Waals surface area contributed by atoms with E-state index in [1.807, 2.05) is 6.07 Å². The molecule has 1 fully saturated rings. The molecule has 1 saturated carbocycles. The quantitative estimate of drug-likeness (QED) is 0.898. The Hall–Kier alpha value is -1.13. The standard InChI is InChI=1S/C17H26FNO2/c1-16(2)7-4-8-17(11-19,15(16)20)10-12-5-6-14(21-3)13(18)9-12/h5-6,9,15,20H,4,7-8,10-11,19H2,1-3H3. The summed E-state index contributed by atoms with van der Waals surface area (Å²) in [6.07, 6.45) is 3.03. The van der Waals surface area contributed by atoms with Gasteiger partial charge in [-0.25, -0.2) is 4.39 Å². The fourth-order valence-corrected chi connectivity index (χ4v) is 3.70. The summed E-state index contributed by atoms with van der Waals surface area (Å²) in [5.41, 5.74) is 6.35. The largest absolute Gasteiger partial charge is 0.494 e. The van der Waals surface area contributed by atoms with Crippen LogP contribution >= 0.6 is 0 Å². The molecule has 0 spiro atoms. The highest BCUT2D eigenvalue weighted by Gasteiger charge is 2.47. The maximum absolute atomic E-state index is 13.9. The monoisotopic (exact) mass is 295 g/mol. The molecule has 3 N–H and O–H groups in total. The first-order valence-corrected chi connectivity index (χ1v) is 7.55. The Labute approximate surface area is 126 Å². The number of hydrogen-bond acceptors (Lipinski definition) is 3. The first-order chi connectivity index (χ1) is 9.84. The van der Waals surface area contributed by atoms with Crippen LogP contribution in [0.2, 0.25) is 0 Å². The lowest BCUT2D eigenvalue weighted by Crippen LogP contribution is -2.53. The third-order valence-corrected chi connectivity index (χ3v) is 4.99. The smallest absolute Gasteiger partial charge is 0.165 e.